The summed E-state index contributed by atoms with van der Waals surface area (Å²) in [7, 11) is 4.13. The first-order valence-corrected chi connectivity index (χ1v) is 8.33. The zero-order valence-electron chi connectivity index (χ0n) is 13.0. The highest BCUT2D eigenvalue weighted by Gasteiger charge is 2.41. The summed E-state index contributed by atoms with van der Waals surface area (Å²) in [5.41, 5.74) is 0. The van der Waals surface area contributed by atoms with Crippen LogP contribution in [0, 0.1) is 11.8 Å². The highest BCUT2D eigenvalue weighted by atomic mass is 32.1. The van der Waals surface area contributed by atoms with Crippen molar-refractivity contribution in [3.63, 3.8) is 0 Å². The fourth-order valence-corrected chi connectivity index (χ4v) is 4.20. The Morgan fingerprint density at radius 3 is 2.82 bits per heavy atom. The van der Waals surface area contributed by atoms with Crippen LogP contribution in [0.3, 0.4) is 0 Å². The zero-order chi connectivity index (χ0) is 16.1. The molecule has 1 saturated carbocycles. The van der Waals surface area contributed by atoms with Crippen LogP contribution in [0.4, 0.5) is 0 Å². The average Bonchev–Trinajstić information content (AvgIpc) is 3.09. The van der Waals surface area contributed by atoms with Gasteiger partial charge in [0, 0.05) is 37.6 Å². The quantitative estimate of drug-likeness (QED) is 0.853. The molecule has 6 nitrogen and oxygen atoms in total. The fourth-order valence-electron chi connectivity index (χ4n) is 3.52. The average molecular weight is 325 g/mol. The minimum absolute atomic E-state index is 0.250. The highest BCUT2D eigenvalue weighted by molar-refractivity contribution is 7.09. The molecule has 1 aromatic heterocycles. The summed E-state index contributed by atoms with van der Waals surface area (Å²) >= 11 is 1.72. The van der Waals surface area contributed by atoms with E-state index in [1.165, 1.54) is 17.8 Å². The SMILES string of the molecule is CN1C[C@H]2C[C@@H](N(C)Cc3nccs3)C[C@H]2CC1=O.O=CO. The monoisotopic (exact) mass is 325 g/mol. The molecule has 7 heteroatoms. The maximum absolute atomic E-state index is 11.8. The largest absolute Gasteiger partial charge is 0.483 e. The Balaban J connectivity index is 0.000000545. The Kier molecular flexibility index (Phi) is 5.90. The third kappa shape index (κ3) is 4.04. The van der Waals surface area contributed by atoms with E-state index in [1.54, 1.807) is 11.3 Å². The minimum atomic E-state index is -0.250. The fraction of sp³-hybridized carbons (Fsp3) is 0.667. The molecule has 1 aromatic rings. The van der Waals surface area contributed by atoms with Crippen molar-refractivity contribution in [3.8, 4) is 0 Å². The molecule has 1 aliphatic carbocycles. The van der Waals surface area contributed by atoms with Crippen LogP contribution < -0.4 is 0 Å². The summed E-state index contributed by atoms with van der Waals surface area (Å²) < 4.78 is 0. The van der Waals surface area contributed by atoms with Crippen molar-refractivity contribution in [3.05, 3.63) is 16.6 Å². The van der Waals surface area contributed by atoms with E-state index in [2.05, 4.69) is 16.9 Å². The molecule has 1 N–H and O–H groups in total. The van der Waals surface area contributed by atoms with Gasteiger partial charge in [0.25, 0.3) is 6.47 Å². The molecule has 2 aliphatic rings. The lowest BCUT2D eigenvalue weighted by atomic mass is 9.88. The number of hydrogen-bond donors (Lipinski definition) is 1. The molecular weight excluding hydrogens is 302 g/mol. The third-order valence-electron chi connectivity index (χ3n) is 4.68. The van der Waals surface area contributed by atoms with Gasteiger partial charge in [0.2, 0.25) is 5.91 Å². The number of fused-ring (bicyclic) bond motifs is 1. The summed E-state index contributed by atoms with van der Waals surface area (Å²) in [5, 5.41) is 10.1. The molecule has 0 radical (unpaired) electrons. The first kappa shape index (κ1) is 16.9. The van der Waals surface area contributed by atoms with Crippen LogP contribution in [0.1, 0.15) is 24.3 Å². The molecule has 1 aliphatic heterocycles. The first-order valence-electron chi connectivity index (χ1n) is 7.45. The van der Waals surface area contributed by atoms with Gasteiger partial charge in [0.05, 0.1) is 6.54 Å². The molecule has 1 saturated heterocycles. The van der Waals surface area contributed by atoms with Crippen LogP contribution in [-0.4, -0.2) is 59.0 Å². The molecule has 122 valence electrons. The van der Waals surface area contributed by atoms with E-state index >= 15 is 0 Å². The van der Waals surface area contributed by atoms with Crippen molar-refractivity contribution in [1.82, 2.24) is 14.8 Å². The van der Waals surface area contributed by atoms with Crippen molar-refractivity contribution < 1.29 is 14.7 Å². The van der Waals surface area contributed by atoms with Crippen molar-refractivity contribution in [2.45, 2.75) is 31.8 Å². The number of carbonyl (C=O) groups is 2. The van der Waals surface area contributed by atoms with Gasteiger partial charge in [0.1, 0.15) is 5.01 Å². The number of nitrogens with zero attached hydrogens (tertiary/aromatic N) is 3. The summed E-state index contributed by atoms with van der Waals surface area (Å²) in [6.07, 6.45) is 5.02. The number of likely N-dealkylation sites (tertiary alicyclic amines) is 1. The van der Waals surface area contributed by atoms with Crippen LogP contribution >= 0.6 is 11.3 Å². The number of piperidine rings is 1. The van der Waals surface area contributed by atoms with E-state index in [-0.39, 0.29) is 6.47 Å². The van der Waals surface area contributed by atoms with Gasteiger partial charge >= 0.3 is 0 Å². The topological polar surface area (TPSA) is 73.7 Å². The highest BCUT2D eigenvalue weighted by Crippen LogP contribution is 2.40. The number of amides is 1. The molecule has 0 bridgehead atoms. The molecule has 1 amide bonds. The second-order valence-electron chi connectivity index (χ2n) is 6.07. The van der Waals surface area contributed by atoms with Gasteiger partial charge in [-0.05, 0) is 31.7 Å². The van der Waals surface area contributed by atoms with Gasteiger partial charge in [-0.1, -0.05) is 0 Å². The third-order valence-corrected chi connectivity index (χ3v) is 5.44. The maximum Gasteiger partial charge on any atom is 0.290 e. The summed E-state index contributed by atoms with van der Waals surface area (Å²) in [4.78, 5) is 28.8. The number of hydrogen-bond acceptors (Lipinski definition) is 5. The van der Waals surface area contributed by atoms with Gasteiger partial charge in [-0.3, -0.25) is 14.5 Å². The lowest BCUT2D eigenvalue weighted by Gasteiger charge is -2.31. The predicted octanol–water partition coefficient (Wildman–Crippen LogP) is 1.53. The number of carboxylic acid groups (broad SMARTS) is 1. The van der Waals surface area contributed by atoms with E-state index in [4.69, 9.17) is 9.90 Å². The van der Waals surface area contributed by atoms with Crippen molar-refractivity contribution in [1.29, 1.82) is 0 Å². The van der Waals surface area contributed by atoms with E-state index in [9.17, 15) is 4.79 Å². The standard InChI is InChI=1S/C14H21N3OS.CH2O2/c1-16(9-13-15-3-4-19-13)12-5-10-7-14(18)17(2)8-11(10)6-12;2-1-3/h3-4,10-12H,5-9H2,1-2H3;1H,(H,2,3)/t10-,11+,12-;/m0./s1. The zero-order valence-corrected chi connectivity index (χ0v) is 13.8. The van der Waals surface area contributed by atoms with Crippen molar-refractivity contribution in [2.75, 3.05) is 20.6 Å². The Labute approximate surface area is 134 Å². The smallest absolute Gasteiger partial charge is 0.290 e. The molecule has 2 fully saturated rings. The Morgan fingerprint density at radius 1 is 1.50 bits per heavy atom. The van der Waals surface area contributed by atoms with Crippen LogP contribution in [-0.2, 0) is 16.1 Å². The van der Waals surface area contributed by atoms with Crippen molar-refractivity contribution >= 4 is 23.7 Å². The van der Waals surface area contributed by atoms with Crippen LogP contribution in [0.5, 0.6) is 0 Å². The van der Waals surface area contributed by atoms with Gasteiger partial charge in [0.15, 0.2) is 0 Å². The normalized spacial score (nSPS) is 27.3. The van der Waals surface area contributed by atoms with Gasteiger partial charge in [-0.15, -0.1) is 11.3 Å². The van der Waals surface area contributed by atoms with Gasteiger partial charge in [-0.2, -0.15) is 0 Å². The van der Waals surface area contributed by atoms with Gasteiger partial charge in [-0.25, -0.2) is 4.98 Å². The Morgan fingerprint density at radius 2 is 2.18 bits per heavy atom. The number of carbonyl (C=O) groups excluding carboxylic acids is 1. The number of rotatable bonds is 3. The Hall–Kier alpha value is -1.47. The van der Waals surface area contributed by atoms with Crippen molar-refractivity contribution in [2.24, 2.45) is 11.8 Å². The Bertz CT molecular complexity index is 494. The molecule has 0 unspecified atom stereocenters. The van der Waals surface area contributed by atoms with Crippen LogP contribution in [0.25, 0.3) is 0 Å². The predicted molar refractivity (Wildman–Crippen MR) is 84.5 cm³/mol. The van der Waals surface area contributed by atoms with Crippen LogP contribution in [0.2, 0.25) is 0 Å². The molecule has 22 heavy (non-hydrogen) atoms. The van der Waals surface area contributed by atoms with Crippen LogP contribution in [0.15, 0.2) is 11.6 Å². The molecular formula is C15H23N3O3S. The maximum atomic E-state index is 11.8. The van der Waals surface area contributed by atoms with E-state index in [0.29, 0.717) is 23.8 Å². The molecule has 0 spiro atoms. The second-order valence-corrected chi connectivity index (χ2v) is 7.05. The van der Waals surface area contributed by atoms with E-state index < -0.39 is 0 Å². The molecule has 2 heterocycles. The van der Waals surface area contributed by atoms with Gasteiger partial charge < -0.3 is 10.0 Å². The minimum Gasteiger partial charge on any atom is -0.483 e. The number of aromatic nitrogens is 1. The number of thiazole rings is 1. The lowest BCUT2D eigenvalue weighted by Crippen LogP contribution is -2.39. The van der Waals surface area contributed by atoms with E-state index in [1.807, 2.05) is 23.5 Å². The molecule has 3 rings (SSSR count). The molecule has 3 atom stereocenters. The molecule has 0 aromatic carbocycles. The van der Waals surface area contributed by atoms with E-state index in [0.717, 1.165) is 19.5 Å². The summed E-state index contributed by atoms with van der Waals surface area (Å²) in [6, 6.07) is 0.609. The summed E-state index contributed by atoms with van der Waals surface area (Å²) in [5.74, 6) is 1.63. The lowest BCUT2D eigenvalue weighted by molar-refractivity contribution is -0.135. The summed E-state index contributed by atoms with van der Waals surface area (Å²) in [6.45, 7) is 1.64. The first-order chi connectivity index (χ1) is 10.5. The second kappa shape index (κ2) is 7.69.